The second kappa shape index (κ2) is 4.63. The first-order valence-electron chi connectivity index (χ1n) is 5.43. The highest BCUT2D eigenvalue weighted by molar-refractivity contribution is 7.89. The smallest absolute Gasteiger partial charge is 0.247 e. The van der Waals surface area contributed by atoms with E-state index < -0.39 is 27.9 Å². The lowest BCUT2D eigenvalue weighted by atomic mass is 10.3. The first-order chi connectivity index (χ1) is 8.81. The number of hydrogen-bond donors (Lipinski definition) is 2. The van der Waals surface area contributed by atoms with Crippen LogP contribution in [0.5, 0.6) is 5.75 Å². The molecule has 1 atom stereocenters. The molecule has 1 heterocycles. The number of phenolic OH excluding ortho intramolecular Hbond substituents is 1. The number of carbonyl (C=O) groups excluding carboxylic acids is 2. The van der Waals surface area contributed by atoms with E-state index in [2.05, 4.69) is 4.72 Å². The molecule has 8 heteroatoms. The average Bonchev–Trinajstić information content (AvgIpc) is 2.57. The molecule has 2 amide bonds. The van der Waals surface area contributed by atoms with E-state index in [4.69, 9.17) is 5.11 Å². The fourth-order valence-corrected chi connectivity index (χ4v) is 2.92. The van der Waals surface area contributed by atoms with E-state index in [9.17, 15) is 18.0 Å². The van der Waals surface area contributed by atoms with Gasteiger partial charge in [-0.25, -0.2) is 8.42 Å². The largest absolute Gasteiger partial charge is 0.508 e. The lowest BCUT2D eigenvalue weighted by Gasteiger charge is -2.11. The van der Waals surface area contributed by atoms with E-state index in [1.807, 2.05) is 0 Å². The average molecular weight is 284 g/mol. The number of rotatable bonds is 3. The van der Waals surface area contributed by atoms with Crippen molar-refractivity contribution in [3.63, 3.8) is 0 Å². The Labute approximate surface area is 109 Å². The lowest BCUT2D eigenvalue weighted by molar-refractivity contribution is -0.137. The van der Waals surface area contributed by atoms with Crippen LogP contribution >= 0.6 is 0 Å². The summed E-state index contributed by atoms with van der Waals surface area (Å²) < 4.78 is 26.1. The Bertz CT molecular complexity index is 623. The Hall–Kier alpha value is -1.93. The summed E-state index contributed by atoms with van der Waals surface area (Å²) in [6.07, 6.45) is -0.188. The molecule has 1 aliphatic heterocycles. The Morgan fingerprint density at radius 3 is 2.32 bits per heavy atom. The monoisotopic (exact) mass is 284 g/mol. The van der Waals surface area contributed by atoms with Crippen LogP contribution in [0.2, 0.25) is 0 Å². The molecule has 1 aliphatic rings. The van der Waals surface area contributed by atoms with E-state index in [0.717, 1.165) is 4.90 Å². The van der Waals surface area contributed by atoms with Crippen LogP contribution in [0.15, 0.2) is 29.2 Å². The minimum absolute atomic E-state index is 0.0641. The maximum atomic E-state index is 12.0. The molecular formula is C11H12N2O5S. The molecule has 0 bridgehead atoms. The Morgan fingerprint density at radius 2 is 1.84 bits per heavy atom. The molecule has 2 N–H and O–H groups in total. The number of nitrogens with one attached hydrogen (secondary N) is 1. The molecule has 2 rings (SSSR count). The summed E-state index contributed by atoms with van der Waals surface area (Å²) in [5.74, 6) is -1.07. The van der Waals surface area contributed by atoms with Crippen molar-refractivity contribution < 1.29 is 23.1 Å². The molecule has 0 aliphatic carbocycles. The zero-order valence-electron chi connectivity index (χ0n) is 10.0. The molecule has 1 saturated heterocycles. The SMILES string of the molecule is CN1C(=O)CC(NS(=O)(=O)c2ccc(O)cc2)C1=O. The third-order valence-corrected chi connectivity index (χ3v) is 4.31. The lowest BCUT2D eigenvalue weighted by Crippen LogP contribution is -2.40. The summed E-state index contributed by atoms with van der Waals surface area (Å²) in [5, 5.41) is 9.10. The van der Waals surface area contributed by atoms with Gasteiger partial charge in [-0.3, -0.25) is 14.5 Å². The topological polar surface area (TPSA) is 104 Å². The number of nitrogens with zero attached hydrogens (tertiary/aromatic N) is 1. The highest BCUT2D eigenvalue weighted by Gasteiger charge is 2.38. The molecule has 0 saturated carbocycles. The fraction of sp³-hybridized carbons (Fsp3) is 0.273. The molecule has 0 spiro atoms. The maximum absolute atomic E-state index is 12.0. The Balaban J connectivity index is 2.21. The van der Waals surface area contributed by atoms with E-state index >= 15 is 0 Å². The molecule has 7 nitrogen and oxygen atoms in total. The van der Waals surface area contributed by atoms with Crippen molar-refractivity contribution in [1.82, 2.24) is 9.62 Å². The van der Waals surface area contributed by atoms with Gasteiger partial charge in [0.15, 0.2) is 0 Å². The first kappa shape index (κ1) is 13.5. The van der Waals surface area contributed by atoms with Crippen molar-refractivity contribution in [1.29, 1.82) is 0 Å². The fourth-order valence-electron chi connectivity index (χ4n) is 1.73. The van der Waals surface area contributed by atoms with Crippen LogP contribution in [0.3, 0.4) is 0 Å². The number of imide groups is 1. The number of hydrogen-bond acceptors (Lipinski definition) is 5. The number of benzene rings is 1. The van der Waals surface area contributed by atoms with E-state index in [0.29, 0.717) is 0 Å². The van der Waals surface area contributed by atoms with Gasteiger partial charge in [-0.15, -0.1) is 0 Å². The first-order valence-corrected chi connectivity index (χ1v) is 6.91. The summed E-state index contributed by atoms with van der Waals surface area (Å²) >= 11 is 0. The molecule has 1 aromatic rings. The van der Waals surface area contributed by atoms with Crippen molar-refractivity contribution in [3.05, 3.63) is 24.3 Å². The molecule has 0 aromatic heterocycles. The summed E-state index contributed by atoms with van der Waals surface area (Å²) in [6, 6.07) is 3.80. The van der Waals surface area contributed by atoms with Gasteiger partial charge in [0, 0.05) is 7.05 Å². The third-order valence-electron chi connectivity index (χ3n) is 2.83. The van der Waals surface area contributed by atoms with Gasteiger partial charge in [0.25, 0.3) is 0 Å². The summed E-state index contributed by atoms with van der Waals surface area (Å²) in [4.78, 5) is 23.7. The molecule has 102 valence electrons. The van der Waals surface area contributed by atoms with Gasteiger partial charge in [-0.05, 0) is 24.3 Å². The van der Waals surface area contributed by atoms with Gasteiger partial charge in [0.05, 0.1) is 11.3 Å². The van der Waals surface area contributed by atoms with Crippen LogP contribution in [-0.4, -0.2) is 43.3 Å². The van der Waals surface area contributed by atoms with Gasteiger partial charge in [0.2, 0.25) is 21.8 Å². The van der Waals surface area contributed by atoms with E-state index in [1.54, 1.807) is 0 Å². The van der Waals surface area contributed by atoms with Crippen LogP contribution in [0.25, 0.3) is 0 Å². The van der Waals surface area contributed by atoms with Crippen molar-refractivity contribution in [2.24, 2.45) is 0 Å². The minimum atomic E-state index is -3.90. The molecule has 1 fully saturated rings. The van der Waals surface area contributed by atoms with Crippen LogP contribution in [0.4, 0.5) is 0 Å². The van der Waals surface area contributed by atoms with Crippen molar-refractivity contribution in [2.75, 3.05) is 7.05 Å². The zero-order valence-corrected chi connectivity index (χ0v) is 10.8. The standard InChI is InChI=1S/C11H12N2O5S/c1-13-10(15)6-9(11(13)16)12-19(17,18)8-4-2-7(14)3-5-8/h2-5,9,12,14H,6H2,1H3. The Kier molecular flexibility index (Phi) is 3.29. The molecule has 1 unspecified atom stereocenters. The normalized spacial score (nSPS) is 20.1. The van der Waals surface area contributed by atoms with Crippen molar-refractivity contribution in [2.45, 2.75) is 17.4 Å². The van der Waals surface area contributed by atoms with E-state index in [1.165, 1.54) is 31.3 Å². The van der Waals surface area contributed by atoms with E-state index in [-0.39, 0.29) is 17.1 Å². The van der Waals surface area contributed by atoms with Gasteiger partial charge >= 0.3 is 0 Å². The highest BCUT2D eigenvalue weighted by atomic mass is 32.2. The van der Waals surface area contributed by atoms with Crippen LogP contribution in [-0.2, 0) is 19.6 Å². The van der Waals surface area contributed by atoms with Crippen molar-refractivity contribution in [3.8, 4) is 5.75 Å². The predicted octanol–water partition coefficient (Wildman–Crippen LogP) is -0.572. The summed E-state index contributed by atoms with van der Waals surface area (Å²) in [5.41, 5.74) is 0. The number of likely N-dealkylation sites (tertiary alicyclic amines) is 1. The van der Waals surface area contributed by atoms with Crippen LogP contribution in [0.1, 0.15) is 6.42 Å². The number of aromatic hydroxyl groups is 1. The van der Waals surface area contributed by atoms with Gasteiger partial charge in [-0.1, -0.05) is 0 Å². The van der Waals surface area contributed by atoms with Gasteiger partial charge < -0.3 is 5.11 Å². The second-order valence-electron chi connectivity index (χ2n) is 4.16. The zero-order chi connectivity index (χ0) is 14.2. The number of amides is 2. The predicted molar refractivity (Wildman–Crippen MR) is 64.6 cm³/mol. The quantitative estimate of drug-likeness (QED) is 0.723. The van der Waals surface area contributed by atoms with Gasteiger partial charge in [-0.2, -0.15) is 4.72 Å². The Morgan fingerprint density at radius 1 is 1.26 bits per heavy atom. The maximum Gasteiger partial charge on any atom is 0.247 e. The van der Waals surface area contributed by atoms with Gasteiger partial charge in [0.1, 0.15) is 11.8 Å². The van der Waals surface area contributed by atoms with Crippen LogP contribution in [0, 0.1) is 0 Å². The highest BCUT2D eigenvalue weighted by Crippen LogP contribution is 2.17. The third kappa shape index (κ3) is 2.59. The minimum Gasteiger partial charge on any atom is -0.508 e. The number of phenols is 1. The molecule has 19 heavy (non-hydrogen) atoms. The summed E-state index contributed by atoms with van der Waals surface area (Å²) in [7, 11) is -2.60. The number of likely N-dealkylation sites (N-methyl/N-ethyl adjacent to an activating group) is 1. The molecule has 1 aromatic carbocycles. The second-order valence-corrected chi connectivity index (χ2v) is 5.88. The molecule has 0 radical (unpaired) electrons. The number of carbonyl (C=O) groups is 2. The van der Waals surface area contributed by atoms with Crippen molar-refractivity contribution >= 4 is 21.8 Å². The van der Waals surface area contributed by atoms with Crippen LogP contribution < -0.4 is 4.72 Å². The summed E-state index contributed by atoms with van der Waals surface area (Å²) in [6.45, 7) is 0. The molecular weight excluding hydrogens is 272 g/mol. The number of sulfonamides is 1.